The van der Waals surface area contributed by atoms with Gasteiger partial charge in [-0.15, -0.1) is 11.3 Å². The van der Waals surface area contributed by atoms with Gasteiger partial charge in [0.05, 0.1) is 4.34 Å². The summed E-state index contributed by atoms with van der Waals surface area (Å²) in [7, 11) is 0. The van der Waals surface area contributed by atoms with E-state index < -0.39 is 0 Å². The maximum Gasteiger partial charge on any atom is 0.0931 e. The van der Waals surface area contributed by atoms with Gasteiger partial charge in [-0.2, -0.15) is 0 Å². The van der Waals surface area contributed by atoms with Crippen molar-refractivity contribution >= 4 is 38.9 Å². The van der Waals surface area contributed by atoms with Gasteiger partial charge in [-0.05, 0) is 22.4 Å². The third kappa shape index (κ3) is 2.76. The zero-order chi connectivity index (χ0) is 11.1. The van der Waals surface area contributed by atoms with Crippen molar-refractivity contribution in [2.24, 2.45) is 5.41 Å². The molecule has 0 spiro atoms. The largest absolute Gasteiger partial charge is 0.297 e. The average molecular weight is 309 g/mol. The zero-order valence-electron chi connectivity index (χ0n) is 8.96. The summed E-state index contributed by atoms with van der Waals surface area (Å²) in [5, 5.41) is 2.15. The highest BCUT2D eigenvalue weighted by molar-refractivity contribution is 9.09. The van der Waals surface area contributed by atoms with Crippen molar-refractivity contribution in [3.05, 3.63) is 21.3 Å². The molecule has 1 unspecified atom stereocenters. The summed E-state index contributed by atoms with van der Waals surface area (Å²) in [5.41, 5.74) is 1.71. The lowest BCUT2D eigenvalue weighted by Gasteiger charge is -2.21. The van der Waals surface area contributed by atoms with Crippen LogP contribution in [0.5, 0.6) is 0 Å². The van der Waals surface area contributed by atoms with Crippen molar-refractivity contribution in [3.8, 4) is 0 Å². The average Bonchev–Trinajstić information content (AvgIpc) is 2.59. The smallest absolute Gasteiger partial charge is 0.0931 e. The van der Waals surface area contributed by atoms with E-state index in [0.29, 0.717) is 10.2 Å². The summed E-state index contributed by atoms with van der Waals surface area (Å²) in [4.78, 5) is 3.08. The van der Waals surface area contributed by atoms with E-state index in [1.807, 2.05) is 0 Å². The van der Waals surface area contributed by atoms with E-state index in [1.165, 1.54) is 5.56 Å². The summed E-state index contributed by atoms with van der Waals surface area (Å²) < 4.78 is 0.888. The normalized spacial score (nSPS) is 26.0. The molecule has 1 aliphatic heterocycles. The Balaban J connectivity index is 1.98. The third-order valence-electron chi connectivity index (χ3n) is 2.93. The minimum atomic E-state index is 0.375. The molecule has 1 nitrogen and oxygen atoms in total. The maximum atomic E-state index is 5.92. The van der Waals surface area contributed by atoms with Crippen LogP contribution in [0.3, 0.4) is 0 Å². The van der Waals surface area contributed by atoms with Crippen molar-refractivity contribution in [2.45, 2.75) is 25.2 Å². The van der Waals surface area contributed by atoms with Crippen LogP contribution in [0.15, 0.2) is 11.4 Å². The third-order valence-corrected chi connectivity index (χ3v) is 5.59. The van der Waals surface area contributed by atoms with Crippen LogP contribution in [-0.2, 0) is 6.54 Å². The minimum Gasteiger partial charge on any atom is -0.297 e. The summed E-state index contributed by atoms with van der Waals surface area (Å²) in [6.07, 6.45) is 0. The number of halogens is 2. The number of likely N-dealkylation sites (tertiary alicyclic amines) is 1. The number of rotatable bonds is 2. The van der Waals surface area contributed by atoms with Crippen molar-refractivity contribution in [2.75, 3.05) is 13.1 Å². The maximum absolute atomic E-state index is 5.92. The number of hydrogen-bond donors (Lipinski definition) is 0. The van der Waals surface area contributed by atoms with E-state index in [9.17, 15) is 0 Å². The molecule has 84 valence electrons. The van der Waals surface area contributed by atoms with Gasteiger partial charge in [0.2, 0.25) is 0 Å². The van der Waals surface area contributed by atoms with Gasteiger partial charge < -0.3 is 0 Å². The van der Waals surface area contributed by atoms with Crippen molar-refractivity contribution < 1.29 is 0 Å². The quantitative estimate of drug-likeness (QED) is 0.746. The first-order valence-electron chi connectivity index (χ1n) is 5.07. The minimum absolute atomic E-state index is 0.375. The monoisotopic (exact) mass is 307 g/mol. The Hall–Kier alpha value is 0.430. The lowest BCUT2D eigenvalue weighted by Crippen LogP contribution is -2.23. The molecule has 0 aromatic carbocycles. The van der Waals surface area contributed by atoms with Crippen LogP contribution < -0.4 is 0 Å². The van der Waals surface area contributed by atoms with Crippen LogP contribution in [0.1, 0.15) is 19.4 Å². The second kappa shape index (κ2) is 4.36. The summed E-state index contributed by atoms with van der Waals surface area (Å²) in [5.74, 6) is 0. The molecule has 1 aromatic rings. The van der Waals surface area contributed by atoms with E-state index in [2.05, 4.69) is 46.1 Å². The van der Waals surface area contributed by atoms with E-state index in [-0.39, 0.29) is 0 Å². The van der Waals surface area contributed by atoms with Gasteiger partial charge >= 0.3 is 0 Å². The second-order valence-corrected chi connectivity index (χ2v) is 7.53. The molecule has 0 amide bonds. The molecule has 0 N–H and O–H groups in total. The fraction of sp³-hybridized carbons (Fsp3) is 0.636. The van der Waals surface area contributed by atoms with Crippen LogP contribution in [0.2, 0.25) is 4.34 Å². The molecule has 2 heterocycles. The predicted octanol–water partition coefficient (Wildman–Crippen LogP) is 4.01. The molecule has 1 aliphatic rings. The van der Waals surface area contributed by atoms with Gasteiger partial charge in [-0.3, -0.25) is 4.90 Å². The number of alkyl halides is 1. The standard InChI is InChI=1S/C11H15BrClNS/c1-11(2)7-14(5-9(11)12)4-8-3-10(13)15-6-8/h3,6,9H,4-5,7H2,1-2H3. The molecular formula is C11H15BrClNS. The SMILES string of the molecule is CC1(C)CN(Cc2csc(Cl)c2)CC1Br. The molecule has 2 rings (SSSR count). The molecule has 1 saturated heterocycles. The predicted molar refractivity (Wildman–Crippen MR) is 71.1 cm³/mol. The molecular weight excluding hydrogens is 294 g/mol. The first-order valence-corrected chi connectivity index (χ1v) is 7.24. The first kappa shape index (κ1) is 11.9. The van der Waals surface area contributed by atoms with Crippen LogP contribution >= 0.6 is 38.9 Å². The molecule has 0 aliphatic carbocycles. The van der Waals surface area contributed by atoms with E-state index >= 15 is 0 Å². The van der Waals surface area contributed by atoms with Crippen LogP contribution in [-0.4, -0.2) is 22.8 Å². The van der Waals surface area contributed by atoms with Crippen LogP contribution in [0, 0.1) is 5.41 Å². The second-order valence-electron chi connectivity index (χ2n) is 4.88. The Bertz CT molecular complexity index is 350. The molecule has 4 heteroatoms. The van der Waals surface area contributed by atoms with E-state index in [0.717, 1.165) is 24.0 Å². The van der Waals surface area contributed by atoms with Crippen LogP contribution in [0.25, 0.3) is 0 Å². The first-order chi connectivity index (χ1) is 6.97. The van der Waals surface area contributed by atoms with Crippen molar-refractivity contribution in [1.29, 1.82) is 0 Å². The fourth-order valence-corrected chi connectivity index (χ4v) is 3.48. The zero-order valence-corrected chi connectivity index (χ0v) is 12.1. The van der Waals surface area contributed by atoms with Gasteiger partial charge in [0.25, 0.3) is 0 Å². The van der Waals surface area contributed by atoms with E-state index in [1.54, 1.807) is 11.3 Å². The van der Waals surface area contributed by atoms with E-state index in [4.69, 9.17) is 11.6 Å². The fourth-order valence-electron chi connectivity index (χ4n) is 2.02. The lowest BCUT2D eigenvalue weighted by molar-refractivity contribution is 0.285. The highest BCUT2D eigenvalue weighted by atomic mass is 79.9. The lowest BCUT2D eigenvalue weighted by atomic mass is 9.93. The molecule has 0 saturated carbocycles. The van der Waals surface area contributed by atoms with Gasteiger partial charge in [0, 0.05) is 24.5 Å². The summed E-state index contributed by atoms with van der Waals surface area (Å²) in [6.45, 7) is 7.92. The molecule has 1 atom stereocenters. The number of thiophene rings is 1. The summed E-state index contributed by atoms with van der Waals surface area (Å²) in [6, 6.07) is 2.07. The van der Waals surface area contributed by atoms with Crippen LogP contribution in [0.4, 0.5) is 0 Å². The van der Waals surface area contributed by atoms with Crippen molar-refractivity contribution in [1.82, 2.24) is 4.90 Å². The van der Waals surface area contributed by atoms with Gasteiger partial charge in [-0.25, -0.2) is 0 Å². The number of nitrogens with zero attached hydrogens (tertiary/aromatic N) is 1. The molecule has 1 fully saturated rings. The van der Waals surface area contributed by atoms with Gasteiger partial charge in [-0.1, -0.05) is 41.4 Å². The topological polar surface area (TPSA) is 3.24 Å². The Morgan fingerprint density at radius 1 is 1.67 bits per heavy atom. The Labute approximate surface area is 109 Å². The number of hydrogen-bond acceptors (Lipinski definition) is 2. The Morgan fingerprint density at radius 3 is 2.87 bits per heavy atom. The molecule has 0 bridgehead atoms. The molecule has 15 heavy (non-hydrogen) atoms. The Kier molecular flexibility index (Phi) is 3.46. The molecule has 0 radical (unpaired) electrons. The Morgan fingerprint density at radius 2 is 2.40 bits per heavy atom. The van der Waals surface area contributed by atoms with Crippen molar-refractivity contribution in [3.63, 3.8) is 0 Å². The van der Waals surface area contributed by atoms with Gasteiger partial charge in [0.1, 0.15) is 0 Å². The highest BCUT2D eigenvalue weighted by Gasteiger charge is 2.37. The summed E-state index contributed by atoms with van der Waals surface area (Å²) >= 11 is 11.3. The highest BCUT2D eigenvalue weighted by Crippen LogP contribution is 2.35. The molecule has 1 aromatic heterocycles. The van der Waals surface area contributed by atoms with Gasteiger partial charge in [0.15, 0.2) is 0 Å².